The van der Waals surface area contributed by atoms with Crippen molar-refractivity contribution < 1.29 is 49.3 Å². The third kappa shape index (κ3) is 4.60. The molecule has 4 rings (SSSR count). The number of rotatable bonds is 4. The molecule has 0 unspecified atom stereocenters. The first kappa shape index (κ1) is 26.7. The van der Waals surface area contributed by atoms with Crippen LogP contribution in [0.25, 0.3) is 10.9 Å². The van der Waals surface area contributed by atoms with Crippen LogP contribution < -0.4 is 14.9 Å². The number of methoxy groups -OCH3 is 1. The van der Waals surface area contributed by atoms with Gasteiger partial charge < -0.3 is 19.2 Å². The molecule has 2 heterocycles. The van der Waals surface area contributed by atoms with E-state index in [0.29, 0.717) is 0 Å². The summed E-state index contributed by atoms with van der Waals surface area (Å²) in [5, 5.41) is -0.629. The zero-order valence-electron chi connectivity index (χ0n) is 19.4. The van der Waals surface area contributed by atoms with E-state index in [1.807, 2.05) is 0 Å². The fourth-order valence-corrected chi connectivity index (χ4v) is 4.68. The van der Waals surface area contributed by atoms with E-state index in [0.717, 1.165) is 50.4 Å². The summed E-state index contributed by atoms with van der Waals surface area (Å²) < 4.78 is 123. The zero-order valence-corrected chi connectivity index (χ0v) is 19.4. The summed E-state index contributed by atoms with van der Waals surface area (Å²) in [4.78, 5) is 15.3. The summed E-state index contributed by atoms with van der Waals surface area (Å²) in [5.74, 6) is -6.14. The van der Waals surface area contributed by atoms with Gasteiger partial charge in [0.05, 0.1) is 18.0 Å². The van der Waals surface area contributed by atoms with Crippen LogP contribution in [0.4, 0.5) is 35.1 Å². The Kier molecular flexibility index (Phi) is 6.42. The highest BCUT2D eigenvalue weighted by Gasteiger charge is 2.65. The first-order valence-corrected chi connectivity index (χ1v) is 10.8. The predicted octanol–water partition coefficient (Wildman–Crippen LogP) is 6.53. The second-order valence-corrected chi connectivity index (χ2v) is 8.78. The molecule has 13 heteroatoms. The van der Waals surface area contributed by atoms with E-state index in [1.165, 1.54) is 6.92 Å². The standard InChI is InChI=1S/C24H19F8NO4/c1-10-18(12-5-4-11(8-17(12)35-3)36-24(30,31)32)21(37-22(10,2)23(27,28)29)15-9-16(34)19-14(33-15)7-6-13(25)20(19)26/h4-10,18,21H,1-3H3,(H,33,34)/t10-,18-,21-,22+/m0/s1. The van der Waals surface area contributed by atoms with E-state index >= 15 is 0 Å². The monoisotopic (exact) mass is 537 g/mol. The Hall–Kier alpha value is -3.35. The summed E-state index contributed by atoms with van der Waals surface area (Å²) in [6, 6.07) is 5.52. The maximum atomic E-state index is 14.2. The van der Waals surface area contributed by atoms with Crippen molar-refractivity contribution >= 4 is 10.9 Å². The van der Waals surface area contributed by atoms with Crippen molar-refractivity contribution in [3.05, 3.63) is 69.5 Å². The molecule has 1 aliphatic heterocycles. The highest BCUT2D eigenvalue weighted by molar-refractivity contribution is 5.79. The van der Waals surface area contributed by atoms with E-state index < -0.39 is 64.3 Å². The number of fused-ring (bicyclic) bond motifs is 1. The molecule has 1 aromatic heterocycles. The number of H-pyrrole nitrogens is 1. The fourth-order valence-electron chi connectivity index (χ4n) is 4.68. The average Bonchev–Trinajstić information content (AvgIpc) is 3.06. The second kappa shape index (κ2) is 8.89. The lowest BCUT2D eigenvalue weighted by molar-refractivity contribution is -0.275. The summed E-state index contributed by atoms with van der Waals surface area (Å²) in [7, 11) is 1.11. The van der Waals surface area contributed by atoms with Crippen molar-refractivity contribution in [2.45, 2.75) is 44.0 Å². The molecule has 0 amide bonds. The largest absolute Gasteiger partial charge is 0.573 e. The van der Waals surface area contributed by atoms with Gasteiger partial charge in [0.15, 0.2) is 22.7 Å². The molecule has 1 saturated heterocycles. The Morgan fingerprint density at radius 2 is 1.70 bits per heavy atom. The van der Waals surface area contributed by atoms with E-state index in [4.69, 9.17) is 9.47 Å². The van der Waals surface area contributed by atoms with Gasteiger partial charge >= 0.3 is 12.5 Å². The highest BCUT2D eigenvalue weighted by Crippen LogP contribution is 2.59. The van der Waals surface area contributed by atoms with Gasteiger partial charge in [-0.3, -0.25) is 4.79 Å². The number of ether oxygens (including phenoxy) is 3. The van der Waals surface area contributed by atoms with Crippen LogP contribution in [0.5, 0.6) is 11.5 Å². The Balaban J connectivity index is 1.91. The lowest BCUT2D eigenvalue weighted by Crippen LogP contribution is -2.46. The fraction of sp³-hybridized carbons (Fsp3) is 0.375. The molecule has 0 bridgehead atoms. The molecule has 0 aliphatic carbocycles. The van der Waals surface area contributed by atoms with Crippen LogP contribution in [-0.2, 0) is 4.74 Å². The van der Waals surface area contributed by atoms with Crippen LogP contribution >= 0.6 is 0 Å². The molecule has 0 spiro atoms. The van der Waals surface area contributed by atoms with Gasteiger partial charge in [-0.2, -0.15) is 13.2 Å². The molecule has 37 heavy (non-hydrogen) atoms. The summed E-state index contributed by atoms with van der Waals surface area (Å²) in [6.45, 7) is 2.05. The number of aromatic nitrogens is 1. The van der Waals surface area contributed by atoms with Gasteiger partial charge in [-0.05, 0) is 25.1 Å². The maximum Gasteiger partial charge on any atom is 0.573 e. The number of pyridine rings is 1. The molecule has 5 nitrogen and oxygen atoms in total. The molecule has 200 valence electrons. The summed E-state index contributed by atoms with van der Waals surface area (Å²) >= 11 is 0. The molecule has 0 saturated carbocycles. The van der Waals surface area contributed by atoms with Crippen molar-refractivity contribution in [3.63, 3.8) is 0 Å². The Labute approximate surface area is 203 Å². The van der Waals surface area contributed by atoms with E-state index in [2.05, 4.69) is 9.72 Å². The van der Waals surface area contributed by atoms with Crippen molar-refractivity contribution in [3.8, 4) is 11.5 Å². The third-order valence-corrected chi connectivity index (χ3v) is 6.68. The lowest BCUT2D eigenvalue weighted by Gasteiger charge is -2.32. The van der Waals surface area contributed by atoms with Crippen LogP contribution in [0.1, 0.15) is 37.1 Å². The van der Waals surface area contributed by atoms with Crippen LogP contribution in [0, 0.1) is 17.6 Å². The maximum absolute atomic E-state index is 14.2. The zero-order chi connectivity index (χ0) is 27.5. The molecular weight excluding hydrogens is 518 g/mol. The van der Waals surface area contributed by atoms with Crippen molar-refractivity contribution in [2.75, 3.05) is 7.11 Å². The molecule has 1 aliphatic rings. The third-order valence-electron chi connectivity index (χ3n) is 6.68. The first-order chi connectivity index (χ1) is 17.1. The van der Waals surface area contributed by atoms with Crippen LogP contribution in [0.2, 0.25) is 0 Å². The number of nitrogens with one attached hydrogen (secondary N) is 1. The molecule has 4 atom stereocenters. The molecule has 1 N–H and O–H groups in total. The summed E-state index contributed by atoms with van der Waals surface area (Å²) in [5.41, 5.74) is -4.07. The quantitative estimate of drug-likeness (QED) is 0.385. The molecule has 0 radical (unpaired) electrons. The van der Waals surface area contributed by atoms with Gasteiger partial charge in [-0.15, -0.1) is 13.2 Å². The van der Waals surface area contributed by atoms with Gasteiger partial charge in [0.1, 0.15) is 17.6 Å². The van der Waals surface area contributed by atoms with Gasteiger partial charge in [0.2, 0.25) is 0 Å². The minimum Gasteiger partial charge on any atom is -0.496 e. The number of hydrogen-bond donors (Lipinski definition) is 1. The van der Waals surface area contributed by atoms with E-state index in [1.54, 1.807) is 0 Å². The average molecular weight is 537 g/mol. The van der Waals surface area contributed by atoms with Crippen molar-refractivity contribution in [1.29, 1.82) is 0 Å². The SMILES string of the molecule is COc1cc(OC(F)(F)F)ccc1[C@H]1[C@H](c2cc(=O)c3c(F)c(F)ccc3[nH]2)O[C@@](C)(C(F)(F)F)[C@H]1C. The van der Waals surface area contributed by atoms with Crippen LogP contribution in [-0.4, -0.2) is 30.2 Å². The Bertz CT molecular complexity index is 1400. The van der Waals surface area contributed by atoms with Crippen molar-refractivity contribution in [2.24, 2.45) is 5.92 Å². The minimum absolute atomic E-state index is 0.0498. The number of hydrogen-bond acceptors (Lipinski definition) is 4. The van der Waals surface area contributed by atoms with Gasteiger partial charge in [-0.1, -0.05) is 13.0 Å². The lowest BCUT2D eigenvalue weighted by atomic mass is 9.76. The number of halogens is 8. The van der Waals surface area contributed by atoms with Crippen molar-refractivity contribution in [1.82, 2.24) is 4.98 Å². The molecule has 2 aromatic carbocycles. The first-order valence-electron chi connectivity index (χ1n) is 10.8. The second-order valence-electron chi connectivity index (χ2n) is 8.78. The number of aromatic amines is 1. The molecule has 3 aromatic rings. The number of benzene rings is 2. The van der Waals surface area contributed by atoms with Gasteiger partial charge in [0.25, 0.3) is 0 Å². The predicted molar refractivity (Wildman–Crippen MR) is 114 cm³/mol. The van der Waals surface area contributed by atoms with Gasteiger partial charge in [0, 0.05) is 35.2 Å². The Morgan fingerprint density at radius 1 is 1.03 bits per heavy atom. The van der Waals surface area contributed by atoms with Crippen LogP contribution in [0.15, 0.2) is 41.2 Å². The van der Waals surface area contributed by atoms with E-state index in [-0.39, 0.29) is 22.5 Å². The summed E-state index contributed by atoms with van der Waals surface area (Å²) in [6.07, 6.45) is -11.4. The van der Waals surface area contributed by atoms with E-state index in [9.17, 15) is 39.9 Å². The Morgan fingerprint density at radius 3 is 2.30 bits per heavy atom. The normalized spacial score (nSPS) is 24.5. The number of alkyl halides is 6. The molecular formula is C24H19F8NO4. The molecule has 1 fully saturated rings. The highest BCUT2D eigenvalue weighted by atomic mass is 19.4. The minimum atomic E-state index is -5.02. The van der Waals surface area contributed by atoms with Crippen LogP contribution in [0.3, 0.4) is 0 Å². The van der Waals surface area contributed by atoms with Gasteiger partial charge in [-0.25, -0.2) is 8.78 Å². The topological polar surface area (TPSA) is 60.5 Å². The smallest absolute Gasteiger partial charge is 0.496 e.